The van der Waals surface area contributed by atoms with Crippen molar-refractivity contribution in [3.05, 3.63) is 24.3 Å². The number of hydrogen-bond donors (Lipinski definition) is 2. The first kappa shape index (κ1) is 15.3. The molecular formula is C14H22N2O3S. The highest BCUT2D eigenvalue weighted by molar-refractivity contribution is 7.89. The zero-order valence-corrected chi connectivity index (χ0v) is 12.6. The molecule has 1 aliphatic rings. The second kappa shape index (κ2) is 7.06. The lowest BCUT2D eigenvalue weighted by molar-refractivity contribution is 0.313. The molecule has 0 bridgehead atoms. The summed E-state index contributed by atoms with van der Waals surface area (Å²) in [7, 11) is -3.39. The van der Waals surface area contributed by atoms with E-state index in [1.807, 2.05) is 6.92 Å². The Labute approximate surface area is 120 Å². The predicted octanol–water partition coefficient (Wildman–Crippen LogP) is 1.51. The van der Waals surface area contributed by atoms with Crippen LogP contribution in [0.5, 0.6) is 5.75 Å². The molecular weight excluding hydrogens is 276 g/mol. The third-order valence-corrected chi connectivity index (χ3v) is 4.53. The summed E-state index contributed by atoms with van der Waals surface area (Å²) in [5, 5.41) is 3.35. The van der Waals surface area contributed by atoms with Gasteiger partial charge in [-0.25, -0.2) is 13.1 Å². The van der Waals surface area contributed by atoms with Crippen LogP contribution in [-0.4, -0.2) is 34.2 Å². The van der Waals surface area contributed by atoms with Crippen molar-refractivity contribution in [3.8, 4) is 5.75 Å². The third-order valence-electron chi connectivity index (χ3n) is 3.06. The minimum absolute atomic E-state index is 0.273. The Balaban J connectivity index is 1.81. The number of ether oxygens (including phenoxy) is 1. The van der Waals surface area contributed by atoms with Crippen LogP contribution in [0.25, 0.3) is 0 Å². The number of hydrogen-bond acceptors (Lipinski definition) is 4. The van der Waals surface area contributed by atoms with E-state index in [0.29, 0.717) is 24.9 Å². The second-order valence-electron chi connectivity index (χ2n) is 4.95. The van der Waals surface area contributed by atoms with Crippen molar-refractivity contribution in [1.82, 2.24) is 10.0 Å². The Morgan fingerprint density at radius 1 is 1.20 bits per heavy atom. The summed E-state index contributed by atoms with van der Waals surface area (Å²) in [6, 6.07) is 7.20. The number of nitrogens with one attached hydrogen (secondary N) is 2. The molecule has 0 amide bonds. The first-order valence-electron chi connectivity index (χ1n) is 7.08. The van der Waals surface area contributed by atoms with Crippen LogP contribution in [0.2, 0.25) is 0 Å². The van der Waals surface area contributed by atoms with Gasteiger partial charge in [0.2, 0.25) is 10.0 Å². The van der Waals surface area contributed by atoms with E-state index in [9.17, 15) is 8.42 Å². The molecule has 1 aliphatic carbocycles. The van der Waals surface area contributed by atoms with Gasteiger partial charge in [-0.05, 0) is 43.5 Å². The van der Waals surface area contributed by atoms with Crippen molar-refractivity contribution < 1.29 is 13.2 Å². The first-order chi connectivity index (χ1) is 9.62. The molecule has 1 aromatic carbocycles. The maximum absolute atomic E-state index is 11.9. The van der Waals surface area contributed by atoms with Crippen LogP contribution < -0.4 is 14.8 Å². The van der Waals surface area contributed by atoms with Crippen LogP contribution in [0.3, 0.4) is 0 Å². The Bertz CT molecular complexity index is 510. The van der Waals surface area contributed by atoms with Crippen molar-refractivity contribution >= 4 is 10.0 Å². The number of rotatable bonds is 9. The zero-order chi connectivity index (χ0) is 14.4. The van der Waals surface area contributed by atoms with Crippen LogP contribution in [0.15, 0.2) is 29.2 Å². The van der Waals surface area contributed by atoms with Crippen molar-refractivity contribution in [2.75, 3.05) is 19.7 Å². The molecule has 0 unspecified atom stereocenters. The SMILES string of the molecule is CCCNS(=O)(=O)c1ccc(OCCNC2CC2)cc1. The molecule has 1 aromatic rings. The lowest BCUT2D eigenvalue weighted by Gasteiger charge is -2.09. The van der Waals surface area contributed by atoms with Gasteiger partial charge in [0.25, 0.3) is 0 Å². The molecule has 112 valence electrons. The van der Waals surface area contributed by atoms with E-state index in [1.165, 1.54) is 12.8 Å². The minimum atomic E-state index is -3.39. The minimum Gasteiger partial charge on any atom is -0.492 e. The smallest absolute Gasteiger partial charge is 0.240 e. The lowest BCUT2D eigenvalue weighted by atomic mass is 10.3. The highest BCUT2D eigenvalue weighted by atomic mass is 32.2. The molecule has 0 aromatic heterocycles. The van der Waals surface area contributed by atoms with E-state index < -0.39 is 10.0 Å². The van der Waals surface area contributed by atoms with Gasteiger partial charge in [0.15, 0.2) is 0 Å². The van der Waals surface area contributed by atoms with E-state index in [4.69, 9.17) is 4.74 Å². The second-order valence-corrected chi connectivity index (χ2v) is 6.71. The Morgan fingerprint density at radius 3 is 2.50 bits per heavy atom. The molecule has 0 heterocycles. The predicted molar refractivity (Wildman–Crippen MR) is 78.4 cm³/mol. The van der Waals surface area contributed by atoms with Gasteiger partial charge in [-0.3, -0.25) is 0 Å². The zero-order valence-electron chi connectivity index (χ0n) is 11.8. The summed E-state index contributed by atoms with van der Waals surface area (Å²) in [6.45, 7) is 3.79. The van der Waals surface area contributed by atoms with Crippen molar-refractivity contribution in [2.45, 2.75) is 37.1 Å². The Morgan fingerprint density at radius 2 is 1.90 bits per heavy atom. The van der Waals surface area contributed by atoms with Gasteiger partial charge in [0, 0.05) is 19.1 Å². The molecule has 0 aliphatic heterocycles. The van der Waals surface area contributed by atoms with Crippen LogP contribution in [0.4, 0.5) is 0 Å². The molecule has 20 heavy (non-hydrogen) atoms. The van der Waals surface area contributed by atoms with Crippen LogP contribution in [-0.2, 0) is 10.0 Å². The molecule has 2 rings (SSSR count). The van der Waals surface area contributed by atoms with E-state index >= 15 is 0 Å². The van der Waals surface area contributed by atoms with Crippen molar-refractivity contribution in [3.63, 3.8) is 0 Å². The fraction of sp³-hybridized carbons (Fsp3) is 0.571. The number of benzene rings is 1. The van der Waals surface area contributed by atoms with E-state index in [1.54, 1.807) is 24.3 Å². The fourth-order valence-corrected chi connectivity index (χ4v) is 2.89. The highest BCUT2D eigenvalue weighted by Crippen LogP contribution is 2.18. The molecule has 1 saturated carbocycles. The Kier molecular flexibility index (Phi) is 5.39. The van der Waals surface area contributed by atoms with Crippen LogP contribution >= 0.6 is 0 Å². The Hall–Kier alpha value is -1.11. The summed E-state index contributed by atoms with van der Waals surface area (Å²) in [5.74, 6) is 0.692. The largest absolute Gasteiger partial charge is 0.492 e. The monoisotopic (exact) mass is 298 g/mol. The highest BCUT2D eigenvalue weighted by Gasteiger charge is 2.19. The van der Waals surface area contributed by atoms with E-state index in [2.05, 4.69) is 10.0 Å². The molecule has 5 nitrogen and oxygen atoms in total. The maximum atomic E-state index is 11.9. The van der Waals surface area contributed by atoms with Gasteiger partial charge >= 0.3 is 0 Å². The maximum Gasteiger partial charge on any atom is 0.240 e. The summed E-state index contributed by atoms with van der Waals surface area (Å²) >= 11 is 0. The normalized spacial score (nSPS) is 15.2. The molecule has 6 heteroatoms. The summed E-state index contributed by atoms with van der Waals surface area (Å²) in [4.78, 5) is 0.273. The van der Waals surface area contributed by atoms with Gasteiger partial charge < -0.3 is 10.1 Å². The van der Waals surface area contributed by atoms with Crippen molar-refractivity contribution in [2.24, 2.45) is 0 Å². The number of sulfonamides is 1. The summed E-state index contributed by atoms with van der Waals surface area (Å²) < 4.78 is 31.9. The average molecular weight is 298 g/mol. The van der Waals surface area contributed by atoms with Gasteiger partial charge in [-0.15, -0.1) is 0 Å². The van der Waals surface area contributed by atoms with Gasteiger partial charge in [-0.2, -0.15) is 0 Å². The van der Waals surface area contributed by atoms with E-state index in [0.717, 1.165) is 13.0 Å². The summed E-state index contributed by atoms with van der Waals surface area (Å²) in [6.07, 6.45) is 3.29. The lowest BCUT2D eigenvalue weighted by Crippen LogP contribution is -2.24. The fourth-order valence-electron chi connectivity index (χ4n) is 1.75. The van der Waals surface area contributed by atoms with Crippen LogP contribution in [0.1, 0.15) is 26.2 Å². The van der Waals surface area contributed by atoms with Crippen molar-refractivity contribution in [1.29, 1.82) is 0 Å². The van der Waals surface area contributed by atoms with E-state index in [-0.39, 0.29) is 4.90 Å². The topological polar surface area (TPSA) is 67.4 Å². The quantitative estimate of drug-likeness (QED) is 0.678. The molecule has 0 spiro atoms. The molecule has 0 radical (unpaired) electrons. The van der Waals surface area contributed by atoms with Gasteiger partial charge in [0.05, 0.1) is 4.90 Å². The first-order valence-corrected chi connectivity index (χ1v) is 8.56. The molecule has 0 saturated heterocycles. The molecule has 1 fully saturated rings. The average Bonchev–Trinajstić information content (AvgIpc) is 3.26. The van der Waals surface area contributed by atoms with Gasteiger partial charge in [0.1, 0.15) is 12.4 Å². The third kappa shape index (κ3) is 4.77. The van der Waals surface area contributed by atoms with Crippen LogP contribution in [0, 0.1) is 0 Å². The molecule has 2 N–H and O–H groups in total. The van der Waals surface area contributed by atoms with Gasteiger partial charge in [-0.1, -0.05) is 6.92 Å². The summed E-state index contributed by atoms with van der Waals surface area (Å²) in [5.41, 5.74) is 0. The molecule has 0 atom stereocenters. The standard InChI is InChI=1S/C14H22N2O3S/c1-2-9-16-20(17,18)14-7-5-13(6-8-14)19-11-10-15-12-3-4-12/h5-8,12,15-16H,2-4,9-11H2,1H3.